The van der Waals surface area contributed by atoms with E-state index in [1.54, 1.807) is 0 Å². The second kappa shape index (κ2) is 4.85. The van der Waals surface area contributed by atoms with Crippen molar-refractivity contribution < 1.29 is 4.42 Å². The molecule has 0 aliphatic rings. The van der Waals surface area contributed by atoms with Crippen molar-refractivity contribution in [2.75, 3.05) is 0 Å². The van der Waals surface area contributed by atoms with Gasteiger partial charge in [-0.15, -0.1) is 0 Å². The molecule has 106 valence electrons. The van der Waals surface area contributed by atoms with E-state index in [0.717, 1.165) is 48.3 Å². The maximum absolute atomic E-state index is 6.18. The zero-order valence-electron chi connectivity index (χ0n) is 11.9. The van der Waals surface area contributed by atoms with E-state index in [4.69, 9.17) is 4.42 Å². The summed E-state index contributed by atoms with van der Waals surface area (Å²) >= 11 is 3.65. The van der Waals surface area contributed by atoms with Gasteiger partial charge in [0.25, 0.3) is 0 Å². The Hall–Kier alpha value is -2.32. The molecule has 0 fully saturated rings. The molecule has 0 N–H and O–H groups in total. The minimum Gasteiger partial charge on any atom is -0.455 e. The van der Waals surface area contributed by atoms with Gasteiger partial charge < -0.3 is 4.42 Å². The molecule has 0 bridgehead atoms. The van der Waals surface area contributed by atoms with Gasteiger partial charge in [-0.25, -0.2) is 0 Å². The van der Waals surface area contributed by atoms with E-state index in [2.05, 4.69) is 41.2 Å². The molecule has 0 atom stereocenters. The maximum Gasteiger partial charge on any atom is 0.143 e. The van der Waals surface area contributed by atoms with Gasteiger partial charge in [-0.2, -0.15) is 0 Å². The number of halogens is 1. The molecule has 0 saturated carbocycles. The summed E-state index contributed by atoms with van der Waals surface area (Å²) in [6, 6.07) is 14.3. The normalized spacial score (nSPS) is 11.3. The van der Waals surface area contributed by atoms with E-state index in [1.807, 2.05) is 42.5 Å². The van der Waals surface area contributed by atoms with Crippen molar-refractivity contribution in [2.24, 2.45) is 0 Å². The van der Waals surface area contributed by atoms with Crippen LogP contribution in [0.5, 0.6) is 0 Å². The fraction of sp³-hybridized carbons (Fsp3) is 0. The molecule has 0 radical (unpaired) electrons. The SMILES string of the molecule is C=Cc1c(C=C)c2c(oc3cccc(Br)c32)c2ccccc12. The van der Waals surface area contributed by atoms with Crippen molar-refractivity contribution in [3.05, 3.63) is 71.2 Å². The summed E-state index contributed by atoms with van der Waals surface area (Å²) in [4.78, 5) is 0. The Morgan fingerprint density at radius 2 is 1.55 bits per heavy atom. The average molecular weight is 349 g/mol. The molecule has 0 saturated heterocycles. The molecule has 1 aromatic heterocycles. The molecule has 0 amide bonds. The van der Waals surface area contributed by atoms with Crippen molar-refractivity contribution in [2.45, 2.75) is 0 Å². The van der Waals surface area contributed by atoms with Crippen molar-refractivity contribution in [3.8, 4) is 0 Å². The first-order valence-corrected chi connectivity index (χ1v) is 7.86. The van der Waals surface area contributed by atoms with Crippen LogP contribution in [0.15, 0.2) is 64.5 Å². The summed E-state index contributed by atoms with van der Waals surface area (Å²) in [6.45, 7) is 8.00. The highest BCUT2D eigenvalue weighted by Crippen LogP contribution is 2.42. The second-order valence-electron chi connectivity index (χ2n) is 5.20. The third-order valence-corrected chi connectivity index (χ3v) is 4.75. The fourth-order valence-electron chi connectivity index (χ4n) is 3.18. The van der Waals surface area contributed by atoms with Gasteiger partial charge in [-0.05, 0) is 28.6 Å². The van der Waals surface area contributed by atoms with Crippen LogP contribution in [0.3, 0.4) is 0 Å². The number of hydrogen-bond donors (Lipinski definition) is 0. The summed E-state index contributed by atoms with van der Waals surface area (Å²) in [5, 5.41) is 4.41. The minimum atomic E-state index is 0.874. The first-order chi connectivity index (χ1) is 10.8. The maximum atomic E-state index is 6.18. The van der Waals surface area contributed by atoms with Crippen molar-refractivity contribution in [3.63, 3.8) is 0 Å². The Bertz CT molecular complexity index is 1070. The van der Waals surface area contributed by atoms with E-state index in [0.29, 0.717) is 0 Å². The Morgan fingerprint density at radius 3 is 2.27 bits per heavy atom. The zero-order valence-corrected chi connectivity index (χ0v) is 13.5. The van der Waals surface area contributed by atoms with Crippen LogP contribution in [0.1, 0.15) is 11.1 Å². The van der Waals surface area contributed by atoms with E-state index >= 15 is 0 Å². The number of furan rings is 1. The highest BCUT2D eigenvalue weighted by atomic mass is 79.9. The molecular formula is C20H13BrO. The van der Waals surface area contributed by atoms with E-state index in [-0.39, 0.29) is 0 Å². The Balaban J connectivity index is 2.44. The number of fused-ring (bicyclic) bond motifs is 5. The smallest absolute Gasteiger partial charge is 0.143 e. The van der Waals surface area contributed by atoms with Crippen LogP contribution in [-0.2, 0) is 0 Å². The van der Waals surface area contributed by atoms with Crippen LogP contribution in [0.2, 0.25) is 0 Å². The van der Waals surface area contributed by atoms with Gasteiger partial charge >= 0.3 is 0 Å². The average Bonchev–Trinajstić information content (AvgIpc) is 2.94. The van der Waals surface area contributed by atoms with E-state index < -0.39 is 0 Å². The summed E-state index contributed by atoms with van der Waals surface area (Å²) < 4.78 is 7.20. The molecule has 0 unspecified atom stereocenters. The predicted octanol–water partition coefficient (Wildman–Crippen LogP) is 6.79. The third kappa shape index (κ3) is 1.65. The van der Waals surface area contributed by atoms with Crippen LogP contribution in [-0.4, -0.2) is 0 Å². The minimum absolute atomic E-state index is 0.874. The van der Waals surface area contributed by atoms with Crippen molar-refractivity contribution in [1.82, 2.24) is 0 Å². The standard InChI is InChI=1S/C20H13BrO/c1-3-12-13(4-2)18-19-16(21)10-7-11-17(19)22-20(18)15-9-6-5-8-14(12)15/h3-11H,1-2H2. The molecule has 2 heteroatoms. The second-order valence-corrected chi connectivity index (χ2v) is 6.05. The lowest BCUT2D eigenvalue weighted by atomic mass is 9.94. The Morgan fingerprint density at radius 1 is 0.818 bits per heavy atom. The summed E-state index contributed by atoms with van der Waals surface area (Å²) in [7, 11) is 0. The lowest BCUT2D eigenvalue weighted by Gasteiger charge is -2.09. The van der Waals surface area contributed by atoms with Crippen LogP contribution in [0.4, 0.5) is 0 Å². The molecule has 0 aliphatic carbocycles. The molecular weight excluding hydrogens is 336 g/mol. The van der Waals surface area contributed by atoms with Crippen molar-refractivity contribution >= 4 is 60.8 Å². The van der Waals surface area contributed by atoms with Crippen LogP contribution in [0, 0.1) is 0 Å². The fourth-order valence-corrected chi connectivity index (χ4v) is 3.73. The highest BCUT2D eigenvalue weighted by molar-refractivity contribution is 9.10. The van der Waals surface area contributed by atoms with E-state index in [9.17, 15) is 0 Å². The lowest BCUT2D eigenvalue weighted by Crippen LogP contribution is -1.86. The molecule has 4 aromatic rings. The number of benzene rings is 3. The molecule has 4 rings (SSSR count). The number of rotatable bonds is 2. The zero-order chi connectivity index (χ0) is 15.3. The highest BCUT2D eigenvalue weighted by Gasteiger charge is 2.18. The molecule has 0 spiro atoms. The van der Waals surface area contributed by atoms with Gasteiger partial charge in [0, 0.05) is 20.6 Å². The summed E-state index contributed by atoms with van der Waals surface area (Å²) in [6.07, 6.45) is 3.79. The largest absolute Gasteiger partial charge is 0.455 e. The Kier molecular flexibility index (Phi) is 2.95. The van der Waals surface area contributed by atoms with Gasteiger partial charge in [0.2, 0.25) is 0 Å². The number of hydrogen-bond acceptors (Lipinski definition) is 1. The topological polar surface area (TPSA) is 13.1 Å². The van der Waals surface area contributed by atoms with Crippen LogP contribution in [0.25, 0.3) is 44.9 Å². The summed E-state index contributed by atoms with van der Waals surface area (Å²) in [5.74, 6) is 0. The molecule has 22 heavy (non-hydrogen) atoms. The van der Waals surface area contributed by atoms with Gasteiger partial charge in [0.05, 0.1) is 0 Å². The van der Waals surface area contributed by atoms with E-state index in [1.165, 1.54) is 0 Å². The van der Waals surface area contributed by atoms with Gasteiger partial charge in [0.15, 0.2) is 0 Å². The van der Waals surface area contributed by atoms with Gasteiger partial charge in [-0.3, -0.25) is 0 Å². The molecule has 3 aromatic carbocycles. The van der Waals surface area contributed by atoms with Crippen LogP contribution < -0.4 is 0 Å². The predicted molar refractivity (Wildman–Crippen MR) is 99.1 cm³/mol. The van der Waals surface area contributed by atoms with Crippen LogP contribution >= 0.6 is 15.9 Å². The first-order valence-electron chi connectivity index (χ1n) is 7.06. The monoisotopic (exact) mass is 348 g/mol. The first kappa shape index (κ1) is 13.4. The molecule has 1 heterocycles. The molecule has 0 aliphatic heterocycles. The van der Waals surface area contributed by atoms with Gasteiger partial charge in [-0.1, -0.05) is 71.6 Å². The molecule has 1 nitrogen and oxygen atoms in total. The summed E-state index contributed by atoms with van der Waals surface area (Å²) in [5.41, 5.74) is 3.93. The Labute approximate surface area is 136 Å². The lowest BCUT2D eigenvalue weighted by molar-refractivity contribution is 0.672. The third-order valence-electron chi connectivity index (χ3n) is 4.09. The quantitative estimate of drug-likeness (QED) is 0.388. The van der Waals surface area contributed by atoms with Gasteiger partial charge in [0.1, 0.15) is 11.2 Å². The van der Waals surface area contributed by atoms with Crippen molar-refractivity contribution in [1.29, 1.82) is 0 Å².